The first-order chi connectivity index (χ1) is 9.71. The largest absolute Gasteiger partial charge is 0.496 e. The van der Waals surface area contributed by atoms with Gasteiger partial charge < -0.3 is 19.3 Å². The van der Waals surface area contributed by atoms with Gasteiger partial charge in [-0.1, -0.05) is 6.08 Å². The maximum Gasteiger partial charge on any atom is 0.496 e. The fourth-order valence-corrected chi connectivity index (χ4v) is 2.89. The molecule has 0 spiro atoms. The van der Waals surface area contributed by atoms with E-state index in [4.69, 9.17) is 9.31 Å². The molecule has 4 nitrogen and oxygen atoms in total. The summed E-state index contributed by atoms with van der Waals surface area (Å²) in [5.41, 5.74) is 0.302. The number of rotatable bonds is 3. The lowest BCUT2D eigenvalue weighted by molar-refractivity contribution is 0.00578. The Kier molecular flexibility index (Phi) is 3.51. The molecule has 0 bridgehead atoms. The molecule has 0 aromatic rings. The number of hydrogen-bond donors (Lipinski definition) is 1. The first kappa shape index (κ1) is 15.1. The Balaban J connectivity index is 1.79. The third kappa shape index (κ3) is 2.67. The van der Waals surface area contributed by atoms with E-state index >= 15 is 0 Å². The fraction of sp³-hybridized carbons (Fsp3) is 0.750. The predicted molar refractivity (Wildman–Crippen MR) is 83.3 cm³/mol. The summed E-state index contributed by atoms with van der Waals surface area (Å²) in [5, 5.41) is 10.2. The Bertz CT molecular complexity index is 466. The molecule has 1 N–H and O–H groups in total. The maximum absolute atomic E-state index is 10.2. The van der Waals surface area contributed by atoms with Crippen molar-refractivity contribution in [3.8, 4) is 0 Å². The number of aliphatic hydroxyl groups excluding tert-OH is 1. The van der Waals surface area contributed by atoms with Crippen molar-refractivity contribution in [2.24, 2.45) is 5.92 Å². The third-order valence-electron chi connectivity index (χ3n) is 5.36. The van der Waals surface area contributed by atoms with Crippen molar-refractivity contribution in [2.75, 3.05) is 0 Å². The SMILES string of the molecule is CC(C1CC1)N1C=C(B2OC(C)(C)C(C)(C)O2)C=CC1O. The molecule has 21 heavy (non-hydrogen) atoms. The molecule has 0 aromatic carbocycles. The van der Waals surface area contributed by atoms with Crippen LogP contribution in [0.1, 0.15) is 47.5 Å². The van der Waals surface area contributed by atoms with E-state index in [0.29, 0.717) is 12.0 Å². The topological polar surface area (TPSA) is 41.9 Å². The molecule has 1 saturated carbocycles. The summed E-state index contributed by atoms with van der Waals surface area (Å²) in [6.45, 7) is 10.4. The van der Waals surface area contributed by atoms with Crippen LogP contribution in [-0.4, -0.2) is 40.6 Å². The van der Waals surface area contributed by atoms with Crippen molar-refractivity contribution < 1.29 is 14.4 Å². The van der Waals surface area contributed by atoms with Crippen LogP contribution in [-0.2, 0) is 9.31 Å². The van der Waals surface area contributed by atoms with E-state index in [1.165, 1.54) is 12.8 Å². The van der Waals surface area contributed by atoms with Gasteiger partial charge in [-0.3, -0.25) is 0 Å². The van der Waals surface area contributed by atoms with Gasteiger partial charge in [0.25, 0.3) is 0 Å². The van der Waals surface area contributed by atoms with Gasteiger partial charge in [0.1, 0.15) is 6.23 Å². The average Bonchev–Trinajstić information content (AvgIpc) is 3.18. The van der Waals surface area contributed by atoms with E-state index in [1.54, 1.807) is 0 Å². The van der Waals surface area contributed by atoms with Crippen LogP contribution in [0.5, 0.6) is 0 Å². The molecular formula is C16H26BNO3. The maximum atomic E-state index is 10.2. The molecule has 0 radical (unpaired) electrons. The number of aliphatic hydroxyl groups is 1. The molecule has 2 fully saturated rings. The second-order valence-corrected chi connectivity index (χ2v) is 7.52. The minimum atomic E-state index is -0.549. The van der Waals surface area contributed by atoms with E-state index in [9.17, 15) is 5.11 Å². The Hall–Kier alpha value is -0.775. The Morgan fingerprint density at radius 1 is 1.24 bits per heavy atom. The average molecular weight is 291 g/mol. The molecule has 116 valence electrons. The highest BCUT2D eigenvalue weighted by molar-refractivity contribution is 6.55. The first-order valence-electron chi connectivity index (χ1n) is 7.92. The Morgan fingerprint density at radius 3 is 2.33 bits per heavy atom. The highest BCUT2D eigenvalue weighted by Gasteiger charge is 2.52. The molecule has 0 amide bonds. The van der Waals surface area contributed by atoms with Gasteiger partial charge >= 0.3 is 7.12 Å². The van der Waals surface area contributed by atoms with Gasteiger partial charge in [0.05, 0.1) is 11.2 Å². The van der Waals surface area contributed by atoms with Crippen LogP contribution < -0.4 is 0 Å². The molecule has 2 heterocycles. The van der Waals surface area contributed by atoms with Crippen molar-refractivity contribution in [3.63, 3.8) is 0 Å². The van der Waals surface area contributed by atoms with Crippen LogP contribution in [0.4, 0.5) is 0 Å². The minimum absolute atomic E-state index is 0.338. The van der Waals surface area contributed by atoms with E-state index < -0.39 is 6.23 Å². The zero-order valence-electron chi connectivity index (χ0n) is 13.7. The molecule has 5 heteroatoms. The molecular weight excluding hydrogens is 265 g/mol. The van der Waals surface area contributed by atoms with Crippen LogP contribution >= 0.6 is 0 Å². The molecule has 3 aliphatic rings. The first-order valence-corrected chi connectivity index (χ1v) is 7.92. The van der Waals surface area contributed by atoms with Gasteiger partial charge in [-0.15, -0.1) is 0 Å². The smallest absolute Gasteiger partial charge is 0.399 e. The lowest BCUT2D eigenvalue weighted by Crippen LogP contribution is -2.41. The zero-order chi connectivity index (χ0) is 15.4. The van der Waals surface area contributed by atoms with Crippen LogP contribution in [0, 0.1) is 5.92 Å². The van der Waals surface area contributed by atoms with E-state index in [0.717, 1.165) is 5.47 Å². The number of hydrogen-bond acceptors (Lipinski definition) is 4. The minimum Gasteiger partial charge on any atom is -0.399 e. The van der Waals surface area contributed by atoms with Crippen molar-refractivity contribution in [3.05, 3.63) is 23.8 Å². The lowest BCUT2D eigenvalue weighted by Gasteiger charge is -2.34. The van der Waals surface area contributed by atoms with Gasteiger partial charge in [-0.05, 0) is 64.9 Å². The summed E-state index contributed by atoms with van der Waals surface area (Å²) in [6.07, 6.45) is 7.71. The van der Waals surface area contributed by atoms with Crippen LogP contribution in [0.15, 0.2) is 23.8 Å². The quantitative estimate of drug-likeness (QED) is 0.811. The van der Waals surface area contributed by atoms with Gasteiger partial charge in [0.2, 0.25) is 0 Å². The summed E-state index contributed by atoms with van der Waals surface area (Å²) >= 11 is 0. The molecule has 1 saturated heterocycles. The van der Waals surface area contributed by atoms with Gasteiger partial charge in [-0.2, -0.15) is 0 Å². The summed E-state index contributed by atoms with van der Waals surface area (Å²) in [7, 11) is -0.368. The highest BCUT2D eigenvalue weighted by atomic mass is 16.7. The second-order valence-electron chi connectivity index (χ2n) is 7.52. The lowest BCUT2D eigenvalue weighted by atomic mass is 9.77. The number of allylic oxidation sites excluding steroid dienone is 2. The van der Waals surface area contributed by atoms with E-state index in [1.807, 2.05) is 23.3 Å². The molecule has 3 rings (SSSR count). The third-order valence-corrected chi connectivity index (χ3v) is 5.36. The van der Waals surface area contributed by atoms with Crippen LogP contribution in [0.25, 0.3) is 0 Å². The molecule has 1 aliphatic carbocycles. The van der Waals surface area contributed by atoms with Gasteiger partial charge in [0.15, 0.2) is 0 Å². The second kappa shape index (κ2) is 4.87. The molecule has 0 aromatic heterocycles. The van der Waals surface area contributed by atoms with Crippen LogP contribution in [0.3, 0.4) is 0 Å². The van der Waals surface area contributed by atoms with E-state index in [-0.39, 0.29) is 18.3 Å². The summed E-state index contributed by atoms with van der Waals surface area (Å²) in [5.74, 6) is 0.696. The summed E-state index contributed by atoms with van der Waals surface area (Å²) in [6, 6.07) is 0.349. The van der Waals surface area contributed by atoms with Crippen molar-refractivity contribution in [1.82, 2.24) is 4.90 Å². The van der Waals surface area contributed by atoms with Gasteiger partial charge in [-0.25, -0.2) is 0 Å². The monoisotopic (exact) mass is 291 g/mol. The predicted octanol–water partition coefficient (Wildman–Crippen LogP) is 2.49. The Labute approximate surface area is 127 Å². The van der Waals surface area contributed by atoms with Crippen molar-refractivity contribution >= 4 is 7.12 Å². The normalized spacial score (nSPS) is 32.3. The zero-order valence-corrected chi connectivity index (χ0v) is 13.7. The van der Waals surface area contributed by atoms with Crippen LogP contribution in [0.2, 0.25) is 0 Å². The Morgan fingerprint density at radius 2 is 1.81 bits per heavy atom. The number of nitrogens with zero attached hydrogens (tertiary/aromatic N) is 1. The highest BCUT2D eigenvalue weighted by Crippen LogP contribution is 2.40. The summed E-state index contributed by atoms with van der Waals surface area (Å²) < 4.78 is 12.2. The molecule has 2 atom stereocenters. The standard InChI is InChI=1S/C16H26BNO3/c1-11(12-6-7-12)18-10-13(8-9-14(18)19)17-20-15(2,3)16(4,5)21-17/h8-12,14,19H,6-7H2,1-5H3. The molecule has 2 aliphatic heterocycles. The molecule has 2 unspecified atom stereocenters. The fourth-order valence-electron chi connectivity index (χ4n) is 2.89. The van der Waals surface area contributed by atoms with Crippen molar-refractivity contribution in [2.45, 2.75) is 70.9 Å². The van der Waals surface area contributed by atoms with E-state index in [2.05, 4.69) is 34.6 Å². The van der Waals surface area contributed by atoms with Gasteiger partial charge in [0, 0.05) is 12.2 Å². The van der Waals surface area contributed by atoms with Crippen molar-refractivity contribution in [1.29, 1.82) is 0 Å². The summed E-state index contributed by atoms with van der Waals surface area (Å²) in [4.78, 5) is 2.03.